The zero-order chi connectivity index (χ0) is 20.5. The summed E-state index contributed by atoms with van der Waals surface area (Å²) in [4.78, 5) is 14.9. The summed E-state index contributed by atoms with van der Waals surface area (Å²) < 4.78 is 27.2. The number of benzene rings is 1. The number of hydrogen-bond donors (Lipinski definition) is 1. The van der Waals surface area contributed by atoms with E-state index in [1.54, 1.807) is 21.8 Å². The third-order valence-electron chi connectivity index (χ3n) is 4.80. The minimum Gasteiger partial charge on any atom is -0.338 e. The van der Waals surface area contributed by atoms with Crippen LogP contribution in [-0.4, -0.2) is 54.4 Å². The van der Waals surface area contributed by atoms with Crippen molar-refractivity contribution in [3.8, 4) is 5.69 Å². The zero-order valence-electron chi connectivity index (χ0n) is 16.2. The van der Waals surface area contributed by atoms with Crippen LogP contribution in [0.4, 0.5) is 0 Å². The second-order valence-corrected chi connectivity index (χ2v) is 9.66. The van der Waals surface area contributed by atoms with Gasteiger partial charge in [-0.3, -0.25) is 4.79 Å². The van der Waals surface area contributed by atoms with Gasteiger partial charge in [0.25, 0.3) is 5.91 Å². The largest absolute Gasteiger partial charge is 0.338 e. The number of halogens is 1. The number of sulfonamides is 1. The molecule has 1 N–H and O–H groups in total. The van der Waals surface area contributed by atoms with Crippen LogP contribution >= 0.6 is 11.6 Å². The lowest BCUT2D eigenvalue weighted by atomic mass is 10.0. The third-order valence-corrected chi connectivity index (χ3v) is 5.80. The van der Waals surface area contributed by atoms with E-state index in [-0.39, 0.29) is 17.9 Å². The minimum atomic E-state index is -3.24. The molecule has 1 aliphatic heterocycles. The maximum absolute atomic E-state index is 13.1. The van der Waals surface area contributed by atoms with Crippen LogP contribution in [-0.2, 0) is 10.0 Å². The molecule has 152 valence electrons. The van der Waals surface area contributed by atoms with Gasteiger partial charge in [0.2, 0.25) is 10.0 Å². The maximum Gasteiger partial charge on any atom is 0.257 e. The first-order valence-corrected chi connectivity index (χ1v) is 11.5. The van der Waals surface area contributed by atoms with Gasteiger partial charge in [-0.1, -0.05) is 31.5 Å². The SMILES string of the molecule is CC(C)c1c(C(=O)N2CCC(NS(C)(=O)=O)CC2)cnn1-c1cccc(Cl)c1. The Labute approximate surface area is 170 Å². The van der Waals surface area contributed by atoms with Crippen LogP contribution in [0.15, 0.2) is 30.5 Å². The molecule has 0 unspecified atom stereocenters. The normalized spacial score (nSPS) is 16.0. The molecule has 0 saturated carbocycles. The van der Waals surface area contributed by atoms with Gasteiger partial charge in [-0.25, -0.2) is 17.8 Å². The van der Waals surface area contributed by atoms with E-state index in [9.17, 15) is 13.2 Å². The van der Waals surface area contributed by atoms with Crippen LogP contribution < -0.4 is 4.72 Å². The molecule has 0 bridgehead atoms. The lowest BCUT2D eigenvalue weighted by Gasteiger charge is -2.32. The van der Waals surface area contributed by atoms with Crippen molar-refractivity contribution in [2.75, 3.05) is 19.3 Å². The number of rotatable bonds is 5. The van der Waals surface area contributed by atoms with E-state index in [4.69, 9.17) is 11.6 Å². The lowest BCUT2D eigenvalue weighted by molar-refractivity contribution is 0.0710. The molecule has 2 aromatic rings. The highest BCUT2D eigenvalue weighted by Crippen LogP contribution is 2.26. The van der Waals surface area contributed by atoms with Crippen LogP contribution in [0.25, 0.3) is 5.69 Å². The van der Waals surface area contributed by atoms with Crippen molar-refractivity contribution < 1.29 is 13.2 Å². The Morgan fingerprint density at radius 2 is 1.96 bits per heavy atom. The highest BCUT2D eigenvalue weighted by Gasteiger charge is 2.29. The van der Waals surface area contributed by atoms with Gasteiger partial charge in [0.15, 0.2) is 0 Å². The van der Waals surface area contributed by atoms with Crippen molar-refractivity contribution in [1.29, 1.82) is 0 Å². The van der Waals surface area contributed by atoms with E-state index in [1.165, 1.54) is 0 Å². The summed E-state index contributed by atoms with van der Waals surface area (Å²) in [6.45, 7) is 5.06. The first-order valence-electron chi connectivity index (χ1n) is 9.26. The summed E-state index contributed by atoms with van der Waals surface area (Å²) in [5.74, 6) is 0.0136. The quantitative estimate of drug-likeness (QED) is 0.799. The van der Waals surface area contributed by atoms with Crippen molar-refractivity contribution in [1.82, 2.24) is 19.4 Å². The monoisotopic (exact) mass is 424 g/mol. The molecule has 1 aliphatic rings. The van der Waals surface area contributed by atoms with E-state index >= 15 is 0 Å². The molecule has 1 aromatic carbocycles. The number of hydrogen-bond acceptors (Lipinski definition) is 4. The summed E-state index contributed by atoms with van der Waals surface area (Å²) in [6.07, 6.45) is 3.96. The summed E-state index contributed by atoms with van der Waals surface area (Å²) in [6, 6.07) is 7.24. The number of likely N-dealkylation sites (tertiary alicyclic amines) is 1. The predicted octanol–water partition coefficient (Wildman–Crippen LogP) is 2.80. The number of carbonyl (C=O) groups excluding carboxylic acids is 1. The average Bonchev–Trinajstić information content (AvgIpc) is 3.06. The van der Waals surface area contributed by atoms with Gasteiger partial charge in [-0.15, -0.1) is 0 Å². The fourth-order valence-electron chi connectivity index (χ4n) is 3.57. The fraction of sp³-hybridized carbons (Fsp3) is 0.474. The highest BCUT2D eigenvalue weighted by molar-refractivity contribution is 7.88. The number of carbonyl (C=O) groups is 1. The summed E-state index contributed by atoms with van der Waals surface area (Å²) in [7, 11) is -3.24. The summed E-state index contributed by atoms with van der Waals surface area (Å²) in [5, 5.41) is 5.05. The van der Waals surface area contributed by atoms with Crippen LogP contribution in [0.5, 0.6) is 0 Å². The van der Waals surface area contributed by atoms with E-state index < -0.39 is 10.0 Å². The molecule has 7 nitrogen and oxygen atoms in total. The van der Waals surface area contributed by atoms with Crippen molar-refractivity contribution in [3.05, 3.63) is 46.7 Å². The van der Waals surface area contributed by atoms with Gasteiger partial charge in [-0.2, -0.15) is 5.10 Å². The van der Waals surface area contributed by atoms with Crippen LogP contribution in [0.2, 0.25) is 5.02 Å². The molecular weight excluding hydrogens is 400 g/mol. The molecule has 0 radical (unpaired) electrons. The number of amides is 1. The van der Waals surface area contributed by atoms with Crippen LogP contribution in [0.1, 0.15) is 48.7 Å². The van der Waals surface area contributed by atoms with Crippen LogP contribution in [0.3, 0.4) is 0 Å². The van der Waals surface area contributed by atoms with Crippen molar-refractivity contribution >= 4 is 27.5 Å². The van der Waals surface area contributed by atoms with Gasteiger partial charge in [-0.05, 0) is 37.0 Å². The Bertz CT molecular complexity index is 963. The Hall–Kier alpha value is -1.90. The standard InChI is InChI=1S/C19H25ClN4O3S/c1-13(2)18-17(12-21-24(18)16-6-4-5-14(20)11-16)19(25)23-9-7-15(8-10-23)22-28(3,26)27/h4-6,11-13,15,22H,7-10H2,1-3H3. The number of piperidine rings is 1. The first kappa shape index (κ1) is 20.8. The summed E-state index contributed by atoms with van der Waals surface area (Å²) in [5.41, 5.74) is 2.22. The lowest BCUT2D eigenvalue weighted by Crippen LogP contribution is -2.46. The predicted molar refractivity (Wildman–Crippen MR) is 110 cm³/mol. The van der Waals surface area contributed by atoms with Crippen molar-refractivity contribution in [2.45, 2.75) is 38.6 Å². The Morgan fingerprint density at radius 3 is 2.54 bits per heavy atom. The second-order valence-electron chi connectivity index (χ2n) is 7.45. The molecule has 2 heterocycles. The Kier molecular flexibility index (Phi) is 6.12. The minimum absolute atomic E-state index is 0.0743. The van der Waals surface area contributed by atoms with E-state index in [1.807, 2.05) is 32.0 Å². The third kappa shape index (κ3) is 4.74. The molecule has 1 amide bonds. The molecule has 1 aromatic heterocycles. The second kappa shape index (κ2) is 8.23. The molecule has 1 fully saturated rings. The Balaban J connectivity index is 1.81. The van der Waals surface area contributed by atoms with E-state index in [0.29, 0.717) is 36.5 Å². The van der Waals surface area contributed by atoms with Crippen molar-refractivity contribution in [2.24, 2.45) is 0 Å². The maximum atomic E-state index is 13.1. The number of nitrogens with one attached hydrogen (secondary N) is 1. The molecular formula is C19H25ClN4O3S. The first-order chi connectivity index (χ1) is 13.2. The highest BCUT2D eigenvalue weighted by atomic mass is 35.5. The molecule has 0 spiro atoms. The molecule has 0 aliphatic carbocycles. The fourth-order valence-corrected chi connectivity index (χ4v) is 4.59. The van der Waals surface area contributed by atoms with Gasteiger partial charge >= 0.3 is 0 Å². The molecule has 0 atom stereocenters. The topological polar surface area (TPSA) is 84.3 Å². The van der Waals surface area contributed by atoms with Crippen molar-refractivity contribution in [3.63, 3.8) is 0 Å². The average molecular weight is 425 g/mol. The molecule has 3 rings (SSSR count). The molecule has 9 heteroatoms. The smallest absolute Gasteiger partial charge is 0.257 e. The molecule has 28 heavy (non-hydrogen) atoms. The summed E-state index contributed by atoms with van der Waals surface area (Å²) >= 11 is 6.11. The molecule has 1 saturated heterocycles. The van der Waals surface area contributed by atoms with Crippen LogP contribution in [0, 0.1) is 0 Å². The van der Waals surface area contributed by atoms with Gasteiger partial charge < -0.3 is 4.90 Å². The van der Waals surface area contributed by atoms with Gasteiger partial charge in [0, 0.05) is 24.2 Å². The van der Waals surface area contributed by atoms with E-state index in [0.717, 1.165) is 17.6 Å². The Morgan fingerprint density at radius 1 is 1.29 bits per heavy atom. The zero-order valence-corrected chi connectivity index (χ0v) is 17.8. The van der Waals surface area contributed by atoms with E-state index in [2.05, 4.69) is 9.82 Å². The number of aromatic nitrogens is 2. The van der Waals surface area contributed by atoms with Gasteiger partial charge in [0.1, 0.15) is 0 Å². The van der Waals surface area contributed by atoms with Gasteiger partial charge in [0.05, 0.1) is 29.4 Å². The number of nitrogens with zero attached hydrogens (tertiary/aromatic N) is 3.